The molecule has 0 spiro atoms. The molecule has 0 aliphatic heterocycles. The maximum absolute atomic E-state index is 6.36. The predicted octanol–water partition coefficient (Wildman–Crippen LogP) is 5.42. The number of nitrogens with zero attached hydrogens (tertiary/aromatic N) is 2. The predicted molar refractivity (Wildman–Crippen MR) is 103 cm³/mol. The van der Waals surface area contributed by atoms with E-state index in [1.165, 1.54) is 0 Å². The molecule has 1 unspecified atom stereocenters. The minimum absolute atomic E-state index is 0. The third kappa shape index (κ3) is 5.88. The van der Waals surface area contributed by atoms with Crippen LogP contribution < -0.4 is 0 Å². The number of imidazole rings is 1. The summed E-state index contributed by atoms with van der Waals surface area (Å²) in [6, 6.07) is 13.0. The molecule has 0 fully saturated rings. The van der Waals surface area contributed by atoms with E-state index in [0.29, 0.717) is 28.2 Å². The van der Waals surface area contributed by atoms with Crippen LogP contribution >= 0.6 is 34.8 Å². The third-order valence-electron chi connectivity index (χ3n) is 3.61. The number of ether oxygens (including phenoxy) is 1. The van der Waals surface area contributed by atoms with Crippen molar-refractivity contribution in [1.29, 1.82) is 0 Å². The SMILES string of the molecule is Clc1ccc(COC(Cn2ccnc2)c2ccc(Cl)cc2Cl)cc1.[Mg+2]. The van der Waals surface area contributed by atoms with E-state index in [2.05, 4.69) is 4.98 Å². The molecule has 0 saturated heterocycles. The minimum Gasteiger partial charge on any atom is -0.367 e. The summed E-state index contributed by atoms with van der Waals surface area (Å²) in [5, 5.41) is 1.89. The molecular weight excluding hydrogens is 391 g/mol. The summed E-state index contributed by atoms with van der Waals surface area (Å²) in [6.45, 7) is 1.06. The van der Waals surface area contributed by atoms with Crippen LogP contribution in [0.15, 0.2) is 61.2 Å². The van der Waals surface area contributed by atoms with E-state index in [9.17, 15) is 0 Å². The van der Waals surface area contributed by atoms with Gasteiger partial charge in [0, 0.05) is 33.0 Å². The van der Waals surface area contributed by atoms with E-state index in [-0.39, 0.29) is 29.2 Å². The zero-order valence-corrected chi connectivity index (χ0v) is 17.1. The van der Waals surface area contributed by atoms with Gasteiger partial charge < -0.3 is 9.30 Å². The summed E-state index contributed by atoms with van der Waals surface area (Å²) >= 11 is 18.3. The molecule has 0 amide bonds. The van der Waals surface area contributed by atoms with Crippen molar-refractivity contribution in [3.63, 3.8) is 0 Å². The fraction of sp³-hybridized carbons (Fsp3) is 0.167. The Labute approximate surface area is 178 Å². The van der Waals surface area contributed by atoms with Crippen LogP contribution in [0, 0.1) is 0 Å². The second kappa shape index (κ2) is 9.81. The number of halogens is 3. The third-order valence-corrected chi connectivity index (χ3v) is 4.42. The molecule has 0 saturated carbocycles. The normalized spacial score (nSPS) is 11.8. The van der Waals surface area contributed by atoms with Gasteiger partial charge in [0.25, 0.3) is 0 Å². The standard InChI is InChI=1S/C18H15Cl3N2O.Mg/c19-14-3-1-13(2-4-14)11-24-18(10-23-8-7-22-12-23)16-6-5-15(20)9-17(16)21;/h1-9,12,18H,10-11H2;/q;+2. The van der Waals surface area contributed by atoms with Crippen molar-refractivity contribution in [2.24, 2.45) is 0 Å². The molecule has 1 atom stereocenters. The Morgan fingerprint density at radius 2 is 1.72 bits per heavy atom. The van der Waals surface area contributed by atoms with Gasteiger partial charge in [0.05, 0.1) is 19.5 Å². The average Bonchev–Trinajstić information content (AvgIpc) is 3.06. The molecule has 2 aromatic carbocycles. The van der Waals surface area contributed by atoms with Crippen molar-refractivity contribution < 1.29 is 4.74 Å². The van der Waals surface area contributed by atoms with Gasteiger partial charge in [-0.3, -0.25) is 0 Å². The monoisotopic (exact) mass is 404 g/mol. The zero-order valence-electron chi connectivity index (χ0n) is 13.4. The van der Waals surface area contributed by atoms with Crippen molar-refractivity contribution in [1.82, 2.24) is 9.55 Å². The van der Waals surface area contributed by atoms with E-state index < -0.39 is 0 Å². The van der Waals surface area contributed by atoms with Gasteiger partial charge in [-0.25, -0.2) is 4.98 Å². The first-order valence-electron chi connectivity index (χ1n) is 7.38. The molecule has 3 aromatic rings. The topological polar surface area (TPSA) is 27.1 Å². The van der Waals surface area contributed by atoms with Gasteiger partial charge >= 0.3 is 23.1 Å². The summed E-state index contributed by atoms with van der Waals surface area (Å²) in [6.07, 6.45) is 5.16. The molecule has 3 nitrogen and oxygen atoms in total. The van der Waals surface area contributed by atoms with Crippen LogP contribution in [0.5, 0.6) is 0 Å². The van der Waals surface area contributed by atoms with Crippen molar-refractivity contribution in [3.8, 4) is 0 Å². The maximum Gasteiger partial charge on any atom is 2.00 e. The zero-order chi connectivity index (χ0) is 16.9. The van der Waals surface area contributed by atoms with E-state index in [0.717, 1.165) is 11.1 Å². The van der Waals surface area contributed by atoms with Crippen LogP contribution in [0.1, 0.15) is 17.2 Å². The molecule has 0 bridgehead atoms. The average molecular weight is 406 g/mol. The summed E-state index contributed by atoms with van der Waals surface area (Å²) in [7, 11) is 0. The Morgan fingerprint density at radius 3 is 2.36 bits per heavy atom. The second-order valence-corrected chi connectivity index (χ2v) is 6.63. The Hall–Kier alpha value is -0.754. The van der Waals surface area contributed by atoms with E-state index in [1.807, 2.05) is 47.2 Å². The van der Waals surface area contributed by atoms with Crippen molar-refractivity contribution in [2.45, 2.75) is 19.3 Å². The molecule has 7 heteroatoms. The van der Waals surface area contributed by atoms with Crippen LogP contribution in [0.25, 0.3) is 0 Å². The van der Waals surface area contributed by atoms with Crippen LogP contribution in [0.2, 0.25) is 15.1 Å². The molecule has 1 aromatic heterocycles. The number of benzene rings is 2. The Balaban J connectivity index is 0.00000225. The molecule has 1 heterocycles. The van der Waals surface area contributed by atoms with Crippen LogP contribution in [0.4, 0.5) is 0 Å². The molecule has 0 aliphatic rings. The molecule has 0 radical (unpaired) electrons. The molecule has 124 valence electrons. The largest absolute Gasteiger partial charge is 2.00 e. The first kappa shape index (κ1) is 20.6. The van der Waals surface area contributed by atoms with Gasteiger partial charge in [-0.05, 0) is 29.8 Å². The van der Waals surface area contributed by atoms with Gasteiger partial charge in [-0.15, -0.1) is 0 Å². The minimum atomic E-state index is -0.223. The fourth-order valence-corrected chi connectivity index (χ4v) is 3.02. The first-order chi connectivity index (χ1) is 11.6. The van der Waals surface area contributed by atoms with E-state index in [1.54, 1.807) is 18.6 Å². The van der Waals surface area contributed by atoms with Gasteiger partial charge in [0.2, 0.25) is 0 Å². The number of hydrogen-bond acceptors (Lipinski definition) is 2. The van der Waals surface area contributed by atoms with Crippen LogP contribution in [-0.4, -0.2) is 32.6 Å². The number of hydrogen-bond donors (Lipinski definition) is 0. The molecular formula is C18H15Cl3MgN2O+2. The van der Waals surface area contributed by atoms with Crippen molar-refractivity contribution >= 4 is 57.9 Å². The Morgan fingerprint density at radius 1 is 1.00 bits per heavy atom. The summed E-state index contributed by atoms with van der Waals surface area (Å²) in [5.74, 6) is 0. The Kier molecular flexibility index (Phi) is 8.07. The molecule has 25 heavy (non-hydrogen) atoms. The number of rotatable bonds is 6. The summed E-state index contributed by atoms with van der Waals surface area (Å²) in [4.78, 5) is 4.07. The quantitative estimate of drug-likeness (QED) is 0.512. The molecule has 0 aliphatic carbocycles. The van der Waals surface area contributed by atoms with Crippen LogP contribution in [0.3, 0.4) is 0 Å². The van der Waals surface area contributed by atoms with E-state index in [4.69, 9.17) is 39.5 Å². The van der Waals surface area contributed by atoms with Gasteiger partial charge in [0.15, 0.2) is 0 Å². The van der Waals surface area contributed by atoms with Gasteiger partial charge in [0.1, 0.15) is 6.10 Å². The summed E-state index contributed by atoms with van der Waals surface area (Å²) in [5.41, 5.74) is 1.93. The maximum atomic E-state index is 6.36. The first-order valence-corrected chi connectivity index (χ1v) is 8.52. The van der Waals surface area contributed by atoms with Gasteiger partial charge in [-0.1, -0.05) is 53.0 Å². The fourth-order valence-electron chi connectivity index (χ4n) is 2.37. The van der Waals surface area contributed by atoms with Crippen molar-refractivity contribution in [2.75, 3.05) is 0 Å². The second-order valence-electron chi connectivity index (χ2n) is 5.35. The van der Waals surface area contributed by atoms with Crippen molar-refractivity contribution in [3.05, 3.63) is 87.4 Å². The smallest absolute Gasteiger partial charge is 0.367 e. The molecule has 3 rings (SSSR count). The van der Waals surface area contributed by atoms with Crippen LogP contribution in [-0.2, 0) is 17.9 Å². The van der Waals surface area contributed by atoms with Gasteiger partial charge in [-0.2, -0.15) is 0 Å². The van der Waals surface area contributed by atoms with E-state index >= 15 is 0 Å². The summed E-state index contributed by atoms with van der Waals surface area (Å²) < 4.78 is 8.08. The number of aromatic nitrogens is 2. The molecule has 0 N–H and O–H groups in total. The Bertz CT molecular complexity index is 795.